The number of carbonyl (C=O) groups is 2. The van der Waals surface area contributed by atoms with Crippen LogP contribution in [0.25, 0.3) is 10.2 Å². The Morgan fingerprint density at radius 1 is 1.15 bits per heavy atom. The SMILES string of the molecule is CCOC(=O)CCC(=O)N1CCN(c2nc([C@@H](C)CC)nc3sc4c(c23)CC[C@@H](C)C4)CC1. The van der Waals surface area contributed by atoms with Crippen LogP contribution in [0.2, 0.25) is 0 Å². The number of aryl methyl sites for hydroxylation is 1. The molecule has 1 saturated heterocycles. The van der Waals surface area contributed by atoms with Crippen molar-refractivity contribution < 1.29 is 14.3 Å². The molecule has 2 aliphatic rings. The van der Waals surface area contributed by atoms with Crippen LogP contribution in [-0.2, 0) is 27.2 Å². The minimum absolute atomic E-state index is 0.0257. The van der Waals surface area contributed by atoms with Crippen molar-refractivity contribution in [3.8, 4) is 0 Å². The van der Waals surface area contributed by atoms with Gasteiger partial charge in [-0.1, -0.05) is 20.8 Å². The molecule has 1 amide bonds. The van der Waals surface area contributed by atoms with E-state index < -0.39 is 0 Å². The van der Waals surface area contributed by atoms with Gasteiger partial charge in [0.25, 0.3) is 0 Å². The predicted octanol–water partition coefficient (Wildman–Crippen LogP) is 4.32. The molecule has 33 heavy (non-hydrogen) atoms. The highest BCUT2D eigenvalue weighted by molar-refractivity contribution is 7.19. The maximum absolute atomic E-state index is 12.6. The number of nitrogens with zero attached hydrogens (tertiary/aromatic N) is 4. The molecule has 180 valence electrons. The van der Waals surface area contributed by atoms with Crippen molar-refractivity contribution in [2.45, 2.75) is 72.1 Å². The van der Waals surface area contributed by atoms with E-state index in [4.69, 9.17) is 14.7 Å². The number of carbonyl (C=O) groups excluding carboxylic acids is 2. The van der Waals surface area contributed by atoms with Crippen LogP contribution < -0.4 is 4.90 Å². The Bertz CT molecular complexity index is 1010. The van der Waals surface area contributed by atoms with Gasteiger partial charge in [-0.15, -0.1) is 11.3 Å². The van der Waals surface area contributed by atoms with Crippen molar-refractivity contribution in [1.29, 1.82) is 0 Å². The van der Waals surface area contributed by atoms with Gasteiger partial charge in [0.15, 0.2) is 0 Å². The van der Waals surface area contributed by atoms with Gasteiger partial charge in [0.2, 0.25) is 5.91 Å². The maximum Gasteiger partial charge on any atom is 0.306 e. The lowest BCUT2D eigenvalue weighted by Gasteiger charge is -2.36. The zero-order valence-electron chi connectivity index (χ0n) is 20.4. The molecule has 1 aliphatic heterocycles. The number of fused-ring (bicyclic) bond motifs is 3. The molecule has 0 bridgehead atoms. The molecule has 2 aromatic rings. The number of anilines is 1. The summed E-state index contributed by atoms with van der Waals surface area (Å²) in [6.45, 7) is 11.6. The fourth-order valence-electron chi connectivity index (χ4n) is 4.74. The maximum atomic E-state index is 12.6. The third-order valence-electron chi connectivity index (χ3n) is 6.99. The Balaban J connectivity index is 1.54. The number of hydrogen-bond donors (Lipinski definition) is 0. The average molecular weight is 473 g/mol. The second kappa shape index (κ2) is 10.4. The zero-order chi connectivity index (χ0) is 23.5. The normalized spacial score (nSPS) is 19.5. The van der Waals surface area contributed by atoms with Crippen molar-refractivity contribution in [1.82, 2.24) is 14.9 Å². The Kier molecular flexibility index (Phi) is 7.51. The van der Waals surface area contributed by atoms with Gasteiger partial charge < -0.3 is 14.5 Å². The first-order valence-corrected chi connectivity index (χ1v) is 13.2. The van der Waals surface area contributed by atoms with Gasteiger partial charge >= 0.3 is 5.97 Å². The van der Waals surface area contributed by atoms with Crippen LogP contribution in [0, 0.1) is 5.92 Å². The van der Waals surface area contributed by atoms with E-state index in [9.17, 15) is 9.59 Å². The van der Waals surface area contributed by atoms with Crippen molar-refractivity contribution in [3.63, 3.8) is 0 Å². The minimum Gasteiger partial charge on any atom is -0.466 e. The first kappa shape index (κ1) is 23.9. The first-order chi connectivity index (χ1) is 15.9. The lowest BCUT2D eigenvalue weighted by Crippen LogP contribution is -2.49. The van der Waals surface area contributed by atoms with Gasteiger partial charge in [-0.3, -0.25) is 9.59 Å². The number of ether oxygens (including phenoxy) is 1. The third kappa shape index (κ3) is 5.15. The molecular formula is C25H36N4O3S. The molecule has 4 rings (SSSR count). The molecule has 0 unspecified atom stereocenters. The van der Waals surface area contributed by atoms with Crippen LogP contribution in [0.15, 0.2) is 0 Å². The summed E-state index contributed by atoms with van der Waals surface area (Å²) in [5, 5.41) is 1.25. The smallest absolute Gasteiger partial charge is 0.306 e. The number of esters is 1. The molecule has 2 atom stereocenters. The fourth-order valence-corrected chi connectivity index (χ4v) is 6.12. The van der Waals surface area contributed by atoms with E-state index in [-0.39, 0.29) is 24.7 Å². The van der Waals surface area contributed by atoms with Crippen molar-refractivity contribution in [2.75, 3.05) is 37.7 Å². The van der Waals surface area contributed by atoms with E-state index in [0.717, 1.165) is 54.7 Å². The summed E-state index contributed by atoms with van der Waals surface area (Å²) >= 11 is 1.86. The average Bonchev–Trinajstić information content (AvgIpc) is 3.19. The second-order valence-corrected chi connectivity index (χ2v) is 10.5. The molecule has 1 fully saturated rings. The van der Waals surface area contributed by atoms with Crippen LogP contribution in [0.3, 0.4) is 0 Å². The van der Waals surface area contributed by atoms with E-state index in [1.807, 2.05) is 16.2 Å². The van der Waals surface area contributed by atoms with Gasteiger partial charge in [0, 0.05) is 43.4 Å². The molecule has 0 N–H and O–H groups in total. The van der Waals surface area contributed by atoms with Crippen LogP contribution in [0.4, 0.5) is 5.82 Å². The molecule has 1 aliphatic carbocycles. The van der Waals surface area contributed by atoms with Crippen molar-refractivity contribution >= 4 is 39.2 Å². The Labute approximate surface area is 200 Å². The summed E-state index contributed by atoms with van der Waals surface area (Å²) in [4.78, 5) is 41.1. The van der Waals surface area contributed by atoms with Crippen LogP contribution >= 0.6 is 11.3 Å². The lowest BCUT2D eigenvalue weighted by molar-refractivity contribution is -0.145. The summed E-state index contributed by atoms with van der Waals surface area (Å²) in [7, 11) is 0. The molecule has 0 spiro atoms. The Morgan fingerprint density at radius 3 is 2.61 bits per heavy atom. The van der Waals surface area contributed by atoms with E-state index >= 15 is 0 Å². The van der Waals surface area contributed by atoms with Gasteiger partial charge in [-0.25, -0.2) is 9.97 Å². The van der Waals surface area contributed by atoms with E-state index in [0.29, 0.717) is 25.6 Å². The monoisotopic (exact) mass is 472 g/mol. The lowest BCUT2D eigenvalue weighted by atomic mass is 9.89. The van der Waals surface area contributed by atoms with E-state index in [1.54, 1.807) is 6.92 Å². The summed E-state index contributed by atoms with van der Waals surface area (Å²) in [5.41, 5.74) is 1.45. The molecular weight excluding hydrogens is 436 g/mol. The van der Waals surface area contributed by atoms with Gasteiger partial charge in [0.1, 0.15) is 16.5 Å². The van der Waals surface area contributed by atoms with E-state index in [1.165, 1.54) is 22.2 Å². The first-order valence-electron chi connectivity index (χ1n) is 12.4. The topological polar surface area (TPSA) is 75.6 Å². The molecule has 0 saturated carbocycles. The molecule has 7 nitrogen and oxygen atoms in total. The van der Waals surface area contributed by atoms with Crippen LogP contribution in [0.5, 0.6) is 0 Å². The number of aromatic nitrogens is 2. The number of rotatable bonds is 7. The fraction of sp³-hybridized carbons (Fsp3) is 0.680. The molecule has 3 heterocycles. The Morgan fingerprint density at radius 2 is 1.91 bits per heavy atom. The van der Waals surface area contributed by atoms with Gasteiger partial charge in [-0.2, -0.15) is 0 Å². The van der Waals surface area contributed by atoms with E-state index in [2.05, 4.69) is 25.7 Å². The molecule has 0 radical (unpaired) electrons. The number of piperazine rings is 1. The van der Waals surface area contributed by atoms with Crippen LogP contribution in [-0.4, -0.2) is 59.5 Å². The minimum atomic E-state index is -0.304. The summed E-state index contributed by atoms with van der Waals surface area (Å²) in [5.74, 6) is 2.75. The number of hydrogen-bond acceptors (Lipinski definition) is 7. The summed E-state index contributed by atoms with van der Waals surface area (Å²) in [6.07, 6.45) is 4.82. The van der Waals surface area contributed by atoms with Crippen molar-refractivity contribution in [2.24, 2.45) is 5.92 Å². The van der Waals surface area contributed by atoms with Gasteiger partial charge in [-0.05, 0) is 44.1 Å². The zero-order valence-corrected chi connectivity index (χ0v) is 21.2. The molecule has 0 aromatic carbocycles. The van der Waals surface area contributed by atoms with Crippen LogP contribution in [0.1, 0.15) is 75.6 Å². The Hall–Kier alpha value is -2.22. The number of thiophene rings is 1. The highest BCUT2D eigenvalue weighted by Gasteiger charge is 2.29. The quantitative estimate of drug-likeness (QED) is 0.559. The summed E-state index contributed by atoms with van der Waals surface area (Å²) < 4.78 is 4.95. The number of amides is 1. The highest BCUT2D eigenvalue weighted by Crippen LogP contribution is 2.41. The predicted molar refractivity (Wildman–Crippen MR) is 132 cm³/mol. The standard InChI is InChI=1S/C25H36N4O3S/c1-5-17(4)23-26-24(22-18-8-7-16(3)15-19(18)33-25(22)27-23)29-13-11-28(12-14-29)20(30)9-10-21(31)32-6-2/h16-17H,5-15H2,1-4H3/t16-,17+/m1/s1. The summed E-state index contributed by atoms with van der Waals surface area (Å²) in [6, 6.07) is 0. The van der Waals surface area contributed by atoms with Crippen molar-refractivity contribution in [3.05, 3.63) is 16.3 Å². The molecule has 8 heteroatoms. The highest BCUT2D eigenvalue weighted by atomic mass is 32.1. The van der Waals surface area contributed by atoms with Gasteiger partial charge in [0.05, 0.1) is 18.4 Å². The second-order valence-electron chi connectivity index (χ2n) is 9.42. The third-order valence-corrected chi connectivity index (χ3v) is 8.13. The largest absolute Gasteiger partial charge is 0.466 e. The molecule has 2 aromatic heterocycles.